The number of thiocarbonyl (C=S) groups is 1. The van der Waals surface area contributed by atoms with Crippen LogP contribution in [-0.2, 0) is 16.0 Å². The average Bonchev–Trinajstić information content (AvgIpc) is 2.71. The molecule has 7 nitrogen and oxygen atoms in total. The van der Waals surface area contributed by atoms with Crippen molar-refractivity contribution in [3.63, 3.8) is 0 Å². The Kier molecular flexibility index (Phi) is 8.50. The van der Waals surface area contributed by atoms with Crippen molar-refractivity contribution in [3.05, 3.63) is 75.8 Å². The second-order valence-electron chi connectivity index (χ2n) is 8.42. The van der Waals surface area contributed by atoms with Crippen LogP contribution < -0.4 is 10.6 Å². The number of non-ortho nitro benzene ring substituents is 1. The van der Waals surface area contributed by atoms with Gasteiger partial charge in [0.05, 0.1) is 22.4 Å². The lowest BCUT2D eigenvalue weighted by molar-refractivity contribution is -0.384. The molecule has 0 bridgehead atoms. The minimum Gasteiger partial charge on any atom is -0.463 e. The Morgan fingerprint density at radius 2 is 1.71 bits per heavy atom. The topological polar surface area (TPSA) is 93.5 Å². The number of nitro benzene ring substituents is 1. The fourth-order valence-corrected chi connectivity index (χ4v) is 3.18. The quantitative estimate of drug-likeness (QED) is 0.272. The second kappa shape index (κ2) is 10.9. The maximum atomic E-state index is 12.2. The zero-order valence-electron chi connectivity index (χ0n) is 18.3. The first kappa shape index (κ1) is 24.3. The van der Waals surface area contributed by atoms with Gasteiger partial charge in [-0.25, -0.2) is 0 Å². The van der Waals surface area contributed by atoms with Gasteiger partial charge in [-0.1, -0.05) is 42.5 Å². The Balaban J connectivity index is 2.01. The highest BCUT2D eigenvalue weighted by molar-refractivity contribution is 7.80. The van der Waals surface area contributed by atoms with Gasteiger partial charge in [0.2, 0.25) is 0 Å². The van der Waals surface area contributed by atoms with Crippen LogP contribution in [0.2, 0.25) is 0 Å². The molecular formula is C23H29N3O4S. The van der Waals surface area contributed by atoms with Crippen LogP contribution in [0.5, 0.6) is 0 Å². The van der Waals surface area contributed by atoms with Crippen LogP contribution in [-0.4, -0.2) is 28.7 Å². The Labute approximate surface area is 188 Å². The van der Waals surface area contributed by atoms with E-state index in [0.717, 1.165) is 11.1 Å². The normalized spacial score (nSPS) is 13.0. The van der Waals surface area contributed by atoms with E-state index in [1.807, 2.05) is 58.0 Å². The maximum Gasteiger partial charge on any atom is 0.311 e. The highest BCUT2D eigenvalue weighted by Gasteiger charge is 2.24. The molecule has 2 aromatic carbocycles. The standard InChI is InChI=1S/C23H29N3O4S/c1-16(18-10-12-20(13-11-18)26(28)29)24-22(31)25-19(14-17-8-6-5-7-9-17)15-30-21(27)23(2,3)4/h5-13,16,19H,14-15H2,1-4H3,(H2,24,25,31)/t16-,19+/m1/s1. The maximum absolute atomic E-state index is 12.2. The summed E-state index contributed by atoms with van der Waals surface area (Å²) in [6.45, 7) is 7.53. The van der Waals surface area contributed by atoms with E-state index in [1.165, 1.54) is 12.1 Å². The number of hydrogen-bond acceptors (Lipinski definition) is 5. The molecule has 0 aliphatic heterocycles. The molecule has 0 aliphatic rings. The van der Waals surface area contributed by atoms with Crippen LogP contribution in [0.1, 0.15) is 44.9 Å². The minimum absolute atomic E-state index is 0.0419. The molecule has 0 radical (unpaired) electrons. The highest BCUT2D eigenvalue weighted by Crippen LogP contribution is 2.18. The highest BCUT2D eigenvalue weighted by atomic mass is 32.1. The van der Waals surface area contributed by atoms with Gasteiger partial charge in [0.25, 0.3) is 5.69 Å². The van der Waals surface area contributed by atoms with E-state index in [-0.39, 0.29) is 30.3 Å². The van der Waals surface area contributed by atoms with E-state index in [1.54, 1.807) is 12.1 Å². The predicted molar refractivity (Wildman–Crippen MR) is 125 cm³/mol. The molecule has 0 saturated heterocycles. The molecule has 2 N–H and O–H groups in total. The van der Waals surface area contributed by atoms with E-state index < -0.39 is 10.3 Å². The molecule has 0 heterocycles. The number of carbonyl (C=O) groups excluding carboxylic acids is 1. The van der Waals surface area contributed by atoms with Gasteiger partial charge in [0.15, 0.2) is 5.11 Å². The van der Waals surface area contributed by atoms with Gasteiger partial charge in [-0.15, -0.1) is 0 Å². The molecule has 0 spiro atoms. The van der Waals surface area contributed by atoms with Crippen LogP contribution in [0.25, 0.3) is 0 Å². The lowest BCUT2D eigenvalue weighted by Gasteiger charge is -2.25. The molecule has 0 amide bonds. The van der Waals surface area contributed by atoms with Crippen molar-refractivity contribution in [2.45, 2.75) is 46.2 Å². The lowest BCUT2D eigenvalue weighted by atomic mass is 9.97. The molecule has 0 fully saturated rings. The van der Waals surface area contributed by atoms with E-state index >= 15 is 0 Å². The van der Waals surface area contributed by atoms with E-state index in [0.29, 0.717) is 11.5 Å². The third kappa shape index (κ3) is 7.97. The number of esters is 1. The number of carbonyl (C=O) groups is 1. The van der Waals surface area contributed by atoms with Crippen LogP contribution in [0, 0.1) is 15.5 Å². The molecule has 0 aliphatic carbocycles. The summed E-state index contributed by atoms with van der Waals surface area (Å²) in [5, 5.41) is 17.7. The lowest BCUT2D eigenvalue weighted by Crippen LogP contribution is -2.46. The molecule has 0 unspecified atom stereocenters. The molecule has 2 aromatic rings. The van der Waals surface area contributed by atoms with Crippen LogP contribution >= 0.6 is 12.2 Å². The molecular weight excluding hydrogens is 414 g/mol. The van der Waals surface area contributed by atoms with Crippen LogP contribution in [0.3, 0.4) is 0 Å². The summed E-state index contributed by atoms with van der Waals surface area (Å²) < 4.78 is 5.51. The van der Waals surface area contributed by atoms with Crippen molar-refractivity contribution in [3.8, 4) is 0 Å². The Morgan fingerprint density at radius 1 is 1.10 bits per heavy atom. The summed E-state index contributed by atoms with van der Waals surface area (Å²) in [5.74, 6) is -0.273. The third-order valence-corrected chi connectivity index (χ3v) is 4.88. The summed E-state index contributed by atoms with van der Waals surface area (Å²) in [4.78, 5) is 22.6. The molecule has 8 heteroatoms. The van der Waals surface area contributed by atoms with Gasteiger partial charge in [-0.3, -0.25) is 14.9 Å². The average molecular weight is 444 g/mol. The Hall–Kier alpha value is -3.00. The fraction of sp³-hybridized carbons (Fsp3) is 0.391. The van der Waals surface area contributed by atoms with Crippen LogP contribution in [0.15, 0.2) is 54.6 Å². The number of nitrogens with one attached hydrogen (secondary N) is 2. The molecule has 0 saturated carbocycles. The first-order valence-corrected chi connectivity index (χ1v) is 10.5. The molecule has 166 valence electrons. The van der Waals surface area contributed by atoms with Gasteiger partial charge >= 0.3 is 5.97 Å². The van der Waals surface area contributed by atoms with E-state index in [9.17, 15) is 14.9 Å². The van der Waals surface area contributed by atoms with Gasteiger partial charge in [-0.05, 0) is 57.5 Å². The van der Waals surface area contributed by atoms with Crippen molar-refractivity contribution in [2.24, 2.45) is 5.41 Å². The summed E-state index contributed by atoms with van der Waals surface area (Å²) in [7, 11) is 0. The Morgan fingerprint density at radius 3 is 2.26 bits per heavy atom. The molecule has 31 heavy (non-hydrogen) atoms. The molecule has 2 rings (SSSR count). The van der Waals surface area contributed by atoms with E-state index in [4.69, 9.17) is 17.0 Å². The predicted octanol–water partition coefficient (Wildman–Crippen LogP) is 4.32. The van der Waals surface area contributed by atoms with Crippen molar-refractivity contribution >= 4 is 29.0 Å². The monoisotopic (exact) mass is 443 g/mol. The SMILES string of the molecule is C[C@@H](NC(=S)N[C@H](COC(=O)C(C)(C)C)Cc1ccccc1)c1ccc([N+](=O)[O-])cc1. The summed E-state index contributed by atoms with van der Waals surface area (Å²) in [6, 6.07) is 15.9. The van der Waals surface area contributed by atoms with Crippen molar-refractivity contribution in [1.29, 1.82) is 0 Å². The number of rotatable bonds is 8. The number of nitro groups is 1. The fourth-order valence-electron chi connectivity index (χ4n) is 2.83. The number of hydrogen-bond donors (Lipinski definition) is 2. The van der Waals surface area contributed by atoms with Gasteiger partial charge < -0.3 is 15.4 Å². The molecule has 0 aromatic heterocycles. The third-order valence-electron chi connectivity index (χ3n) is 4.64. The van der Waals surface area contributed by atoms with Gasteiger partial charge in [-0.2, -0.15) is 0 Å². The second-order valence-corrected chi connectivity index (χ2v) is 8.83. The minimum atomic E-state index is -0.583. The van der Waals surface area contributed by atoms with Crippen molar-refractivity contribution in [2.75, 3.05) is 6.61 Å². The van der Waals surface area contributed by atoms with E-state index in [2.05, 4.69) is 10.6 Å². The van der Waals surface area contributed by atoms with Crippen molar-refractivity contribution < 1.29 is 14.5 Å². The van der Waals surface area contributed by atoms with Gasteiger partial charge in [0.1, 0.15) is 6.61 Å². The first-order chi connectivity index (χ1) is 14.6. The number of ether oxygens (including phenoxy) is 1. The number of benzene rings is 2. The largest absolute Gasteiger partial charge is 0.463 e. The number of nitrogens with zero attached hydrogens (tertiary/aromatic N) is 1. The smallest absolute Gasteiger partial charge is 0.311 e. The van der Waals surface area contributed by atoms with Crippen molar-refractivity contribution in [1.82, 2.24) is 10.6 Å². The summed E-state index contributed by atoms with van der Waals surface area (Å²) >= 11 is 5.47. The zero-order valence-corrected chi connectivity index (χ0v) is 19.1. The Bertz CT molecular complexity index is 895. The van der Waals surface area contributed by atoms with Gasteiger partial charge in [0, 0.05) is 12.1 Å². The summed E-state index contributed by atoms with van der Waals surface area (Å²) in [5.41, 5.74) is 1.42. The zero-order chi connectivity index (χ0) is 23.0. The first-order valence-electron chi connectivity index (χ1n) is 10.1. The molecule has 2 atom stereocenters. The van der Waals surface area contributed by atoms with Crippen LogP contribution in [0.4, 0.5) is 5.69 Å². The summed E-state index contributed by atoms with van der Waals surface area (Å²) in [6.07, 6.45) is 0.631.